The van der Waals surface area contributed by atoms with Crippen molar-refractivity contribution in [3.8, 4) is 0 Å². The number of benzene rings is 1. The van der Waals surface area contributed by atoms with Crippen LogP contribution in [0.3, 0.4) is 0 Å². The van der Waals surface area contributed by atoms with Crippen LogP contribution in [-0.4, -0.2) is 33.6 Å². The number of nitrogens with one attached hydrogen (secondary N) is 3. The second-order valence-corrected chi connectivity index (χ2v) is 5.39. The Morgan fingerprint density at radius 2 is 2.00 bits per heavy atom. The summed E-state index contributed by atoms with van der Waals surface area (Å²) in [6.45, 7) is 0. The number of fused-ring (bicyclic) bond motifs is 1. The van der Waals surface area contributed by atoms with Gasteiger partial charge in [0.1, 0.15) is 0 Å². The Morgan fingerprint density at radius 1 is 1.30 bits per heavy atom. The first-order chi connectivity index (χ1) is 9.33. The molecule has 1 aromatic heterocycles. The molecule has 1 heterocycles. The molecule has 0 unspecified atom stereocenters. The van der Waals surface area contributed by atoms with E-state index >= 15 is 0 Å². The summed E-state index contributed by atoms with van der Waals surface area (Å²) in [5, 5.41) is 2.53. The lowest BCUT2D eigenvalue weighted by molar-refractivity contribution is -0.113. The molecule has 4 nitrogen and oxygen atoms in total. The summed E-state index contributed by atoms with van der Waals surface area (Å²) in [5.41, 5.74) is 2.01. The maximum absolute atomic E-state index is 11.9. The number of carbonyl (C=O) groups excluding carboxylic acids is 1. The van der Waals surface area contributed by atoms with Gasteiger partial charge in [0, 0.05) is 5.69 Å². The Labute approximate surface area is 121 Å². The zero-order valence-electron chi connectivity index (χ0n) is 10.0. The number of aromatic nitrogens is 2. The third-order valence-electron chi connectivity index (χ3n) is 2.30. The van der Waals surface area contributed by atoms with Gasteiger partial charge in [-0.2, -0.15) is 13.2 Å². The second kappa shape index (κ2) is 5.88. The number of carbonyl (C=O) groups is 1. The number of H-pyrrole nitrogens is 2. The molecular formula is C11H10F3N3OS2. The largest absolute Gasteiger partial charge is 0.397 e. The number of anilines is 1. The number of amides is 1. The average molecular weight is 321 g/mol. The molecule has 0 aliphatic heterocycles. The van der Waals surface area contributed by atoms with Crippen molar-refractivity contribution in [2.24, 2.45) is 0 Å². The maximum Gasteiger partial charge on any atom is 0.397 e. The highest BCUT2D eigenvalue weighted by Crippen LogP contribution is 2.21. The van der Waals surface area contributed by atoms with Crippen molar-refractivity contribution in [3.63, 3.8) is 0 Å². The van der Waals surface area contributed by atoms with Crippen LogP contribution in [0.5, 0.6) is 0 Å². The molecular weight excluding hydrogens is 311 g/mol. The van der Waals surface area contributed by atoms with Gasteiger partial charge in [-0.3, -0.25) is 4.79 Å². The van der Waals surface area contributed by atoms with E-state index < -0.39 is 17.8 Å². The summed E-state index contributed by atoms with van der Waals surface area (Å²) in [4.78, 5) is 17.3. The molecule has 0 saturated carbocycles. The molecule has 108 valence electrons. The van der Waals surface area contributed by atoms with Crippen molar-refractivity contribution >= 4 is 46.6 Å². The van der Waals surface area contributed by atoms with Crippen LogP contribution < -0.4 is 5.32 Å². The SMILES string of the molecule is O=C(CSCC(F)(F)F)Nc1ccc2[nH]c(=S)[nH]c2c1. The molecule has 3 N–H and O–H groups in total. The van der Waals surface area contributed by atoms with Crippen molar-refractivity contribution in [1.82, 2.24) is 9.97 Å². The molecule has 9 heteroatoms. The van der Waals surface area contributed by atoms with Gasteiger partial charge in [-0.1, -0.05) is 0 Å². The molecule has 2 aromatic rings. The molecule has 1 amide bonds. The smallest absolute Gasteiger partial charge is 0.331 e. The fraction of sp³-hybridized carbons (Fsp3) is 0.273. The van der Waals surface area contributed by atoms with Gasteiger partial charge >= 0.3 is 6.18 Å². The summed E-state index contributed by atoms with van der Waals surface area (Å²) in [6, 6.07) is 5.03. The Morgan fingerprint density at radius 3 is 2.70 bits per heavy atom. The Balaban J connectivity index is 1.94. The fourth-order valence-electron chi connectivity index (χ4n) is 1.57. The number of rotatable bonds is 4. The molecule has 0 atom stereocenters. The van der Waals surface area contributed by atoms with E-state index in [0.717, 1.165) is 11.0 Å². The molecule has 0 aliphatic carbocycles. The number of hydrogen-bond donors (Lipinski definition) is 3. The molecule has 0 saturated heterocycles. The summed E-state index contributed by atoms with van der Waals surface area (Å²) in [6.07, 6.45) is -4.26. The highest BCUT2D eigenvalue weighted by Gasteiger charge is 2.27. The highest BCUT2D eigenvalue weighted by molar-refractivity contribution is 8.00. The molecule has 0 spiro atoms. The number of aromatic amines is 2. The standard InChI is InChI=1S/C11H10F3N3OS2/c12-11(13,14)5-20-4-9(18)15-6-1-2-7-8(3-6)17-10(19)16-7/h1-3H,4-5H2,(H,15,18)(H2,16,17,19). The van der Waals surface area contributed by atoms with E-state index in [1.54, 1.807) is 18.2 Å². The summed E-state index contributed by atoms with van der Waals surface area (Å²) in [5.74, 6) is -1.77. The van der Waals surface area contributed by atoms with Crippen LogP contribution in [0.1, 0.15) is 0 Å². The fourth-order valence-corrected chi connectivity index (χ4v) is 2.38. The molecule has 20 heavy (non-hydrogen) atoms. The van der Waals surface area contributed by atoms with E-state index in [9.17, 15) is 18.0 Å². The van der Waals surface area contributed by atoms with Crippen LogP contribution in [0.4, 0.5) is 18.9 Å². The molecule has 0 fully saturated rings. The zero-order chi connectivity index (χ0) is 14.8. The topological polar surface area (TPSA) is 60.7 Å². The number of thioether (sulfide) groups is 1. The van der Waals surface area contributed by atoms with Crippen molar-refractivity contribution in [3.05, 3.63) is 23.0 Å². The predicted octanol–water partition coefficient (Wildman–Crippen LogP) is 3.46. The maximum atomic E-state index is 11.9. The minimum absolute atomic E-state index is 0.249. The van der Waals surface area contributed by atoms with Gasteiger partial charge in [-0.25, -0.2) is 0 Å². The number of imidazole rings is 1. The Bertz CT molecular complexity index is 677. The quantitative estimate of drug-likeness (QED) is 0.756. The van der Waals surface area contributed by atoms with E-state index in [1.165, 1.54) is 0 Å². The van der Waals surface area contributed by atoms with Gasteiger partial charge in [-0.15, -0.1) is 11.8 Å². The van der Waals surface area contributed by atoms with Gasteiger partial charge in [-0.05, 0) is 30.4 Å². The minimum atomic E-state index is -4.26. The van der Waals surface area contributed by atoms with E-state index in [0.29, 0.717) is 22.2 Å². The Kier molecular flexibility index (Phi) is 4.39. The van der Waals surface area contributed by atoms with Crippen LogP contribution in [0.2, 0.25) is 0 Å². The first-order valence-electron chi connectivity index (χ1n) is 5.50. The monoisotopic (exact) mass is 321 g/mol. The van der Waals surface area contributed by atoms with Crippen LogP contribution >= 0.6 is 24.0 Å². The third-order valence-corrected chi connectivity index (χ3v) is 3.50. The first-order valence-corrected chi connectivity index (χ1v) is 7.06. The predicted molar refractivity (Wildman–Crippen MR) is 75.5 cm³/mol. The normalized spacial score (nSPS) is 11.8. The molecule has 0 bridgehead atoms. The lowest BCUT2D eigenvalue weighted by atomic mass is 10.3. The van der Waals surface area contributed by atoms with Gasteiger partial charge < -0.3 is 15.3 Å². The molecule has 0 aliphatic rings. The van der Waals surface area contributed by atoms with Crippen LogP contribution in [-0.2, 0) is 4.79 Å². The van der Waals surface area contributed by atoms with Crippen LogP contribution in [0.15, 0.2) is 18.2 Å². The van der Waals surface area contributed by atoms with E-state index in [4.69, 9.17) is 12.2 Å². The van der Waals surface area contributed by atoms with Crippen LogP contribution in [0.25, 0.3) is 11.0 Å². The molecule has 1 aromatic carbocycles. The zero-order valence-corrected chi connectivity index (χ0v) is 11.6. The second-order valence-electron chi connectivity index (χ2n) is 4.00. The first kappa shape index (κ1) is 14.9. The van der Waals surface area contributed by atoms with Gasteiger partial charge in [0.2, 0.25) is 5.91 Å². The van der Waals surface area contributed by atoms with Crippen molar-refractivity contribution in [2.45, 2.75) is 6.18 Å². The van der Waals surface area contributed by atoms with Crippen LogP contribution in [0, 0.1) is 4.77 Å². The summed E-state index contributed by atoms with van der Waals surface area (Å²) < 4.78 is 36.3. The number of hydrogen-bond acceptors (Lipinski definition) is 3. The Hall–Kier alpha value is -1.48. The summed E-state index contributed by atoms with van der Waals surface area (Å²) >= 11 is 5.46. The van der Waals surface area contributed by atoms with E-state index in [1.807, 2.05) is 0 Å². The summed E-state index contributed by atoms with van der Waals surface area (Å²) in [7, 11) is 0. The van der Waals surface area contributed by atoms with Crippen molar-refractivity contribution in [1.29, 1.82) is 0 Å². The van der Waals surface area contributed by atoms with E-state index in [-0.39, 0.29) is 5.75 Å². The van der Waals surface area contributed by atoms with Gasteiger partial charge in [0.25, 0.3) is 0 Å². The average Bonchev–Trinajstić information content (AvgIpc) is 2.66. The number of alkyl halides is 3. The minimum Gasteiger partial charge on any atom is -0.331 e. The lowest BCUT2D eigenvalue weighted by Gasteiger charge is -2.07. The van der Waals surface area contributed by atoms with Gasteiger partial charge in [0.15, 0.2) is 4.77 Å². The lowest BCUT2D eigenvalue weighted by Crippen LogP contribution is -2.17. The highest BCUT2D eigenvalue weighted by atomic mass is 32.2. The van der Waals surface area contributed by atoms with Crippen molar-refractivity contribution < 1.29 is 18.0 Å². The van der Waals surface area contributed by atoms with Gasteiger partial charge in [0.05, 0.1) is 22.5 Å². The van der Waals surface area contributed by atoms with Crippen molar-refractivity contribution in [2.75, 3.05) is 16.8 Å². The molecule has 2 rings (SSSR count). The molecule has 0 radical (unpaired) electrons. The van der Waals surface area contributed by atoms with E-state index in [2.05, 4.69) is 15.3 Å². The number of halogens is 3. The third kappa shape index (κ3) is 4.27.